The predicted octanol–water partition coefficient (Wildman–Crippen LogP) is 5.01. The Hall–Kier alpha value is -1.71. The summed E-state index contributed by atoms with van der Waals surface area (Å²) in [4.78, 5) is 27.5. The summed E-state index contributed by atoms with van der Waals surface area (Å²) in [7, 11) is -3.92. The van der Waals surface area contributed by atoms with Crippen LogP contribution in [0, 0.1) is 0 Å². The number of halogens is 4. The summed E-state index contributed by atoms with van der Waals surface area (Å²) in [6, 6.07) is 7.95. The first-order chi connectivity index (χ1) is 15.7. The van der Waals surface area contributed by atoms with Crippen LogP contribution in [0.15, 0.2) is 36.4 Å². The molecule has 0 bridgehead atoms. The first kappa shape index (κ1) is 28.5. The van der Waals surface area contributed by atoms with Gasteiger partial charge in [-0.3, -0.25) is 13.9 Å². The first-order valence-electron chi connectivity index (χ1n) is 10.2. The van der Waals surface area contributed by atoms with Gasteiger partial charge in [0.15, 0.2) is 0 Å². The third-order valence-corrected chi connectivity index (χ3v) is 7.06. The second-order valence-corrected chi connectivity index (χ2v) is 11.6. The SMILES string of the molecule is CC(C)NC(=O)[C@H](C)N(Cc1ccc(Cl)cc1Cl)C(=O)CN(c1ccc(Cl)cc1Cl)S(C)(=O)=O. The molecule has 0 unspecified atom stereocenters. The topological polar surface area (TPSA) is 86.8 Å². The molecule has 0 aliphatic heterocycles. The third-order valence-electron chi connectivity index (χ3n) is 4.81. The molecule has 7 nitrogen and oxygen atoms in total. The molecule has 34 heavy (non-hydrogen) atoms. The Balaban J connectivity index is 2.46. The molecular weight excluding hydrogens is 544 g/mol. The lowest BCUT2D eigenvalue weighted by Crippen LogP contribution is -2.52. The molecule has 2 rings (SSSR count). The number of sulfonamides is 1. The fourth-order valence-electron chi connectivity index (χ4n) is 3.10. The van der Waals surface area contributed by atoms with E-state index >= 15 is 0 Å². The summed E-state index contributed by atoms with van der Waals surface area (Å²) in [5.41, 5.74) is 0.629. The maximum atomic E-state index is 13.5. The third kappa shape index (κ3) is 7.65. The van der Waals surface area contributed by atoms with Crippen molar-refractivity contribution in [1.82, 2.24) is 10.2 Å². The van der Waals surface area contributed by atoms with Crippen molar-refractivity contribution in [2.45, 2.75) is 39.4 Å². The van der Waals surface area contributed by atoms with E-state index < -0.39 is 34.4 Å². The lowest BCUT2D eigenvalue weighted by atomic mass is 10.1. The molecule has 186 valence electrons. The molecular formula is C22H25Cl4N3O4S. The molecule has 0 saturated heterocycles. The predicted molar refractivity (Wildman–Crippen MR) is 138 cm³/mol. The Labute approximate surface area is 220 Å². The molecule has 1 N–H and O–H groups in total. The van der Waals surface area contributed by atoms with E-state index in [4.69, 9.17) is 46.4 Å². The molecule has 0 radical (unpaired) electrons. The van der Waals surface area contributed by atoms with E-state index in [1.165, 1.54) is 29.2 Å². The van der Waals surface area contributed by atoms with E-state index in [1.807, 2.05) is 0 Å². The minimum absolute atomic E-state index is 0.0481. The number of hydrogen-bond acceptors (Lipinski definition) is 4. The summed E-state index contributed by atoms with van der Waals surface area (Å²) in [6.45, 7) is 4.50. The van der Waals surface area contributed by atoms with Gasteiger partial charge in [-0.05, 0) is 56.7 Å². The van der Waals surface area contributed by atoms with Crippen molar-refractivity contribution in [2.75, 3.05) is 17.1 Å². The number of benzene rings is 2. The molecule has 0 aliphatic carbocycles. The first-order valence-corrected chi connectivity index (χ1v) is 13.5. The fraction of sp³-hybridized carbons (Fsp3) is 0.364. The Kier molecular flexibility index (Phi) is 9.91. The van der Waals surface area contributed by atoms with Gasteiger partial charge in [0.1, 0.15) is 12.6 Å². The Bertz CT molecular complexity index is 1170. The number of amides is 2. The van der Waals surface area contributed by atoms with E-state index in [-0.39, 0.29) is 23.3 Å². The number of carbonyl (C=O) groups excluding carboxylic acids is 2. The van der Waals surface area contributed by atoms with Crippen molar-refractivity contribution in [2.24, 2.45) is 0 Å². The van der Waals surface area contributed by atoms with Gasteiger partial charge in [-0.2, -0.15) is 0 Å². The molecule has 2 aromatic rings. The van der Waals surface area contributed by atoms with Gasteiger partial charge in [0.2, 0.25) is 21.8 Å². The Morgan fingerprint density at radius 3 is 2.00 bits per heavy atom. The van der Waals surface area contributed by atoms with Crippen LogP contribution in [-0.2, 0) is 26.2 Å². The molecule has 12 heteroatoms. The number of nitrogens with one attached hydrogen (secondary N) is 1. The highest BCUT2D eigenvalue weighted by Crippen LogP contribution is 2.31. The van der Waals surface area contributed by atoms with Gasteiger partial charge in [-0.15, -0.1) is 0 Å². The fourth-order valence-corrected chi connectivity index (χ4v) is 4.99. The molecule has 1 atom stereocenters. The van der Waals surface area contributed by atoms with E-state index in [2.05, 4.69) is 5.32 Å². The van der Waals surface area contributed by atoms with Crippen LogP contribution in [0.4, 0.5) is 5.69 Å². The zero-order chi connectivity index (χ0) is 25.8. The van der Waals surface area contributed by atoms with Crippen LogP contribution in [-0.4, -0.2) is 50.0 Å². The minimum atomic E-state index is -3.92. The van der Waals surface area contributed by atoms with E-state index in [1.54, 1.807) is 32.9 Å². The number of rotatable bonds is 9. The number of hydrogen-bond donors (Lipinski definition) is 1. The van der Waals surface area contributed by atoms with Crippen molar-refractivity contribution in [3.63, 3.8) is 0 Å². The normalized spacial score (nSPS) is 12.4. The van der Waals surface area contributed by atoms with Gasteiger partial charge in [0.25, 0.3) is 0 Å². The summed E-state index contributed by atoms with van der Waals surface area (Å²) in [5, 5.41) is 3.86. The summed E-state index contributed by atoms with van der Waals surface area (Å²) < 4.78 is 26.0. The van der Waals surface area contributed by atoms with Gasteiger partial charge in [-0.25, -0.2) is 8.42 Å². The van der Waals surface area contributed by atoms with Crippen LogP contribution < -0.4 is 9.62 Å². The summed E-state index contributed by atoms with van der Waals surface area (Å²) in [6.07, 6.45) is 0.959. The highest BCUT2D eigenvalue weighted by atomic mass is 35.5. The molecule has 0 spiro atoms. The average molecular weight is 569 g/mol. The molecule has 0 aromatic heterocycles. The van der Waals surface area contributed by atoms with E-state index in [0.29, 0.717) is 20.6 Å². The van der Waals surface area contributed by atoms with Gasteiger partial charge < -0.3 is 10.2 Å². The van der Waals surface area contributed by atoms with Crippen molar-refractivity contribution < 1.29 is 18.0 Å². The number of carbonyl (C=O) groups is 2. The van der Waals surface area contributed by atoms with Gasteiger partial charge >= 0.3 is 0 Å². The highest BCUT2D eigenvalue weighted by Gasteiger charge is 2.31. The maximum absolute atomic E-state index is 13.5. The van der Waals surface area contributed by atoms with Crippen molar-refractivity contribution in [1.29, 1.82) is 0 Å². The molecule has 2 aromatic carbocycles. The van der Waals surface area contributed by atoms with Gasteiger partial charge in [0.05, 0.1) is 17.0 Å². The van der Waals surface area contributed by atoms with Gasteiger partial charge in [-0.1, -0.05) is 52.5 Å². The lowest BCUT2D eigenvalue weighted by molar-refractivity contribution is -0.139. The highest BCUT2D eigenvalue weighted by molar-refractivity contribution is 7.92. The zero-order valence-electron chi connectivity index (χ0n) is 19.0. The van der Waals surface area contributed by atoms with Crippen molar-refractivity contribution in [3.05, 3.63) is 62.1 Å². The smallest absolute Gasteiger partial charge is 0.244 e. The van der Waals surface area contributed by atoms with Crippen LogP contribution in [0.3, 0.4) is 0 Å². The second kappa shape index (κ2) is 11.8. The maximum Gasteiger partial charge on any atom is 0.244 e. The average Bonchev–Trinajstić information content (AvgIpc) is 2.70. The number of anilines is 1. The van der Waals surface area contributed by atoms with Crippen molar-refractivity contribution >= 4 is 73.9 Å². The van der Waals surface area contributed by atoms with Crippen LogP contribution in [0.2, 0.25) is 20.1 Å². The van der Waals surface area contributed by atoms with Crippen LogP contribution in [0.5, 0.6) is 0 Å². The Morgan fingerprint density at radius 1 is 0.941 bits per heavy atom. The van der Waals surface area contributed by atoms with E-state index in [0.717, 1.165) is 10.6 Å². The standard InChI is InChI=1S/C22H25Cl4N3O4S/c1-13(2)27-22(31)14(3)28(11-15-5-6-16(23)9-18(15)25)21(30)12-29(34(4,32)33)20-8-7-17(24)10-19(20)26/h5-10,13-14H,11-12H2,1-4H3,(H,27,31)/t14-/m0/s1. The monoisotopic (exact) mass is 567 g/mol. The second-order valence-electron chi connectivity index (χ2n) is 7.96. The van der Waals surface area contributed by atoms with Gasteiger partial charge in [0, 0.05) is 27.7 Å². The van der Waals surface area contributed by atoms with Crippen LogP contribution in [0.1, 0.15) is 26.3 Å². The summed E-state index contributed by atoms with van der Waals surface area (Å²) in [5.74, 6) is -1.03. The molecule has 0 aliphatic rings. The van der Waals surface area contributed by atoms with Crippen LogP contribution in [0.25, 0.3) is 0 Å². The molecule has 0 saturated carbocycles. The van der Waals surface area contributed by atoms with Crippen LogP contribution >= 0.6 is 46.4 Å². The molecule has 0 heterocycles. The van der Waals surface area contributed by atoms with Crippen molar-refractivity contribution in [3.8, 4) is 0 Å². The lowest BCUT2D eigenvalue weighted by Gasteiger charge is -2.32. The minimum Gasteiger partial charge on any atom is -0.352 e. The largest absolute Gasteiger partial charge is 0.352 e. The summed E-state index contributed by atoms with van der Waals surface area (Å²) >= 11 is 24.4. The Morgan fingerprint density at radius 2 is 1.50 bits per heavy atom. The van der Waals surface area contributed by atoms with E-state index in [9.17, 15) is 18.0 Å². The zero-order valence-corrected chi connectivity index (χ0v) is 22.8. The number of nitrogens with zero attached hydrogens (tertiary/aromatic N) is 2. The molecule has 0 fully saturated rings. The quantitative estimate of drug-likeness (QED) is 0.461. The molecule has 2 amide bonds.